The smallest absolute Gasteiger partial charge is 0.234 e. The fraction of sp³-hybridized carbons (Fsp3) is 0.500. The molecule has 2 aromatic heterocycles. The van der Waals surface area contributed by atoms with Crippen LogP contribution >= 0.6 is 11.3 Å². The van der Waals surface area contributed by atoms with E-state index in [0.717, 1.165) is 6.42 Å². The highest BCUT2D eigenvalue weighted by Gasteiger charge is 2.16. The Bertz CT molecular complexity index is 683. The van der Waals surface area contributed by atoms with Gasteiger partial charge < -0.3 is 5.32 Å². The highest BCUT2D eigenvalue weighted by molar-refractivity contribution is 7.12. The molecule has 126 valence electrons. The zero-order valence-corrected chi connectivity index (χ0v) is 14.3. The summed E-state index contributed by atoms with van der Waals surface area (Å²) in [5, 5.41) is 5.94. The number of nitrogens with zero attached hydrogens (tertiary/aromatic N) is 3. The predicted octanol–water partition coefficient (Wildman–Crippen LogP) is 4.02. The second-order valence-electron chi connectivity index (χ2n) is 5.18. The van der Waals surface area contributed by atoms with Gasteiger partial charge in [0.15, 0.2) is 0 Å². The van der Waals surface area contributed by atoms with Crippen LogP contribution in [0.3, 0.4) is 0 Å². The third-order valence-electron chi connectivity index (χ3n) is 3.20. The van der Waals surface area contributed by atoms with Gasteiger partial charge in [0, 0.05) is 16.7 Å². The number of hydrogen-bond acceptors (Lipinski definition) is 6. The third-order valence-corrected chi connectivity index (χ3v) is 4.18. The van der Waals surface area contributed by atoms with Crippen molar-refractivity contribution in [1.29, 1.82) is 0 Å². The summed E-state index contributed by atoms with van der Waals surface area (Å²) < 4.78 is 0. The number of amides is 1. The van der Waals surface area contributed by atoms with Crippen molar-refractivity contribution in [3.05, 3.63) is 27.2 Å². The second-order valence-corrected chi connectivity index (χ2v) is 6.65. The van der Waals surface area contributed by atoms with Crippen LogP contribution in [0.15, 0.2) is 6.07 Å². The molecule has 0 aliphatic rings. The Hall–Kier alpha value is -2.02. The van der Waals surface area contributed by atoms with Crippen LogP contribution in [0, 0.1) is 20.8 Å². The molecule has 2 N–H and O–H groups in total. The molecule has 7 heteroatoms. The lowest BCUT2D eigenvalue weighted by atomic mass is 10.1. The van der Waals surface area contributed by atoms with Crippen molar-refractivity contribution in [2.24, 2.45) is 0 Å². The highest BCUT2D eigenvalue weighted by atomic mass is 32.1. The van der Waals surface area contributed by atoms with E-state index in [-0.39, 0.29) is 25.3 Å². The summed E-state index contributed by atoms with van der Waals surface area (Å²) in [5.41, 5.74) is 1.27. The van der Waals surface area contributed by atoms with Gasteiger partial charge in [-0.25, -0.2) is 0 Å². The average Bonchev–Trinajstić information content (AvgIpc) is 2.73. The molecule has 2 heterocycles. The number of aryl methyl sites for hydroxylation is 3. The minimum absolute atomic E-state index is 0. The molecule has 0 aromatic carbocycles. The predicted molar refractivity (Wildman–Crippen MR) is 96.0 cm³/mol. The molecular formula is C16H25N5OS. The minimum atomic E-state index is -0.201. The molecule has 0 aliphatic carbocycles. The fourth-order valence-corrected chi connectivity index (χ4v) is 3.30. The van der Waals surface area contributed by atoms with Crippen LogP contribution in [-0.4, -0.2) is 20.9 Å². The first kappa shape index (κ1) is 19.0. The number of carbonyl (C=O) groups excluding carboxylic acids is 1. The van der Waals surface area contributed by atoms with Crippen LogP contribution in [0.1, 0.15) is 54.9 Å². The minimum Gasteiger partial charge on any atom is -0.347 e. The molecule has 0 bridgehead atoms. The fourth-order valence-electron chi connectivity index (χ4n) is 2.31. The monoisotopic (exact) mass is 335 g/mol. The van der Waals surface area contributed by atoms with Crippen molar-refractivity contribution >= 4 is 29.1 Å². The molecule has 23 heavy (non-hydrogen) atoms. The van der Waals surface area contributed by atoms with E-state index in [4.69, 9.17) is 0 Å². The molecule has 0 saturated carbocycles. The maximum Gasteiger partial charge on any atom is 0.234 e. The van der Waals surface area contributed by atoms with Crippen molar-refractivity contribution in [2.45, 2.75) is 54.5 Å². The first-order chi connectivity index (χ1) is 10.4. The van der Waals surface area contributed by atoms with Crippen LogP contribution in [0.25, 0.3) is 0 Å². The number of rotatable bonds is 5. The Balaban J connectivity index is 0.00000264. The second kappa shape index (κ2) is 8.01. The average molecular weight is 335 g/mol. The number of anilines is 2. The summed E-state index contributed by atoms with van der Waals surface area (Å²) in [6.07, 6.45) is 0.914. The van der Waals surface area contributed by atoms with Crippen LogP contribution in [0.2, 0.25) is 0 Å². The van der Waals surface area contributed by atoms with Gasteiger partial charge in [-0.05, 0) is 38.8 Å². The summed E-state index contributed by atoms with van der Waals surface area (Å²) in [6.45, 7) is 9.55. The molecule has 1 amide bonds. The molecule has 0 fully saturated rings. The molecule has 0 aliphatic heterocycles. The van der Waals surface area contributed by atoms with Gasteiger partial charge in [-0.1, -0.05) is 14.4 Å². The summed E-state index contributed by atoms with van der Waals surface area (Å²) in [4.78, 5) is 26.4. The van der Waals surface area contributed by atoms with Crippen LogP contribution in [0.5, 0.6) is 0 Å². The van der Waals surface area contributed by atoms with E-state index >= 15 is 0 Å². The van der Waals surface area contributed by atoms with Crippen molar-refractivity contribution in [1.82, 2.24) is 15.0 Å². The molecular weight excluding hydrogens is 310 g/mol. The Kier molecular flexibility index (Phi) is 6.62. The number of nitrogens with one attached hydrogen (secondary N) is 2. The highest BCUT2D eigenvalue weighted by Crippen LogP contribution is 2.30. The van der Waals surface area contributed by atoms with Gasteiger partial charge in [0.05, 0.1) is 6.04 Å². The molecule has 0 spiro atoms. The Morgan fingerprint density at radius 2 is 1.87 bits per heavy atom. The van der Waals surface area contributed by atoms with E-state index < -0.39 is 0 Å². The first-order valence-corrected chi connectivity index (χ1v) is 8.04. The van der Waals surface area contributed by atoms with E-state index in [2.05, 4.69) is 52.4 Å². The van der Waals surface area contributed by atoms with Crippen LogP contribution in [-0.2, 0) is 4.79 Å². The van der Waals surface area contributed by atoms with Crippen molar-refractivity contribution in [3.63, 3.8) is 0 Å². The third kappa shape index (κ3) is 4.99. The van der Waals surface area contributed by atoms with Gasteiger partial charge in [-0.2, -0.15) is 15.0 Å². The van der Waals surface area contributed by atoms with Crippen LogP contribution < -0.4 is 10.6 Å². The van der Waals surface area contributed by atoms with E-state index in [1.165, 1.54) is 22.2 Å². The van der Waals surface area contributed by atoms with Gasteiger partial charge >= 0.3 is 0 Å². The number of aromatic nitrogens is 3. The standard InChI is InChI=1S/C15H21N5OS.CH4/c1-6-13(12-7-8(2)22-9(12)3)19-15-17-10(4)16-14(20-15)18-11(5)21;/h7,13H,6H2,1-5H3,(H2,16,17,18,19,20,21);1H4. The van der Waals surface area contributed by atoms with Crippen molar-refractivity contribution in [3.8, 4) is 0 Å². The van der Waals surface area contributed by atoms with Gasteiger partial charge in [-0.15, -0.1) is 11.3 Å². The quantitative estimate of drug-likeness (QED) is 0.863. The van der Waals surface area contributed by atoms with Gasteiger partial charge in [0.25, 0.3) is 0 Å². The van der Waals surface area contributed by atoms with E-state index in [9.17, 15) is 4.79 Å². The van der Waals surface area contributed by atoms with Crippen molar-refractivity contribution < 1.29 is 4.79 Å². The maximum absolute atomic E-state index is 11.2. The summed E-state index contributed by atoms with van der Waals surface area (Å²) in [6, 6.07) is 2.33. The van der Waals surface area contributed by atoms with Gasteiger partial charge in [-0.3, -0.25) is 10.1 Å². The molecule has 2 aromatic rings. The lowest BCUT2D eigenvalue weighted by molar-refractivity contribution is -0.114. The van der Waals surface area contributed by atoms with Crippen LogP contribution in [0.4, 0.5) is 11.9 Å². The van der Waals surface area contributed by atoms with Gasteiger partial charge in [0.1, 0.15) is 5.82 Å². The number of carbonyl (C=O) groups is 1. The van der Waals surface area contributed by atoms with Gasteiger partial charge in [0.2, 0.25) is 17.8 Å². The molecule has 2 rings (SSSR count). The summed E-state index contributed by atoms with van der Waals surface area (Å²) in [7, 11) is 0. The molecule has 1 unspecified atom stereocenters. The Labute approximate surface area is 141 Å². The molecule has 0 radical (unpaired) electrons. The van der Waals surface area contributed by atoms with E-state index in [0.29, 0.717) is 11.8 Å². The topological polar surface area (TPSA) is 79.8 Å². The summed E-state index contributed by atoms with van der Waals surface area (Å²) >= 11 is 1.79. The normalized spacial score (nSPS) is 11.5. The van der Waals surface area contributed by atoms with E-state index in [1.54, 1.807) is 18.3 Å². The Morgan fingerprint density at radius 1 is 1.22 bits per heavy atom. The molecule has 6 nitrogen and oxygen atoms in total. The first-order valence-electron chi connectivity index (χ1n) is 7.22. The zero-order valence-electron chi connectivity index (χ0n) is 13.5. The maximum atomic E-state index is 11.2. The summed E-state index contributed by atoms with van der Waals surface area (Å²) in [5.74, 6) is 1.11. The Morgan fingerprint density at radius 3 is 2.39 bits per heavy atom. The zero-order chi connectivity index (χ0) is 16.3. The SMILES string of the molecule is C.CCC(Nc1nc(C)nc(NC(C)=O)n1)c1cc(C)sc1C. The molecule has 0 saturated heterocycles. The van der Waals surface area contributed by atoms with Crippen molar-refractivity contribution in [2.75, 3.05) is 10.6 Å². The number of hydrogen-bond donors (Lipinski definition) is 2. The molecule has 1 atom stereocenters. The lowest BCUT2D eigenvalue weighted by Gasteiger charge is -2.17. The van der Waals surface area contributed by atoms with E-state index in [1.807, 2.05) is 0 Å². The largest absolute Gasteiger partial charge is 0.347 e. The lowest BCUT2D eigenvalue weighted by Crippen LogP contribution is -2.16. The number of thiophene rings is 1.